The predicted octanol–water partition coefficient (Wildman–Crippen LogP) is 1.57. The van der Waals surface area contributed by atoms with Crippen LogP contribution in [0.1, 0.15) is 18.4 Å². The Balaban J connectivity index is 1.80. The number of benzene rings is 1. The van der Waals surface area contributed by atoms with Crippen molar-refractivity contribution in [2.24, 2.45) is 5.41 Å². The summed E-state index contributed by atoms with van der Waals surface area (Å²) >= 11 is 0. The lowest BCUT2D eigenvalue weighted by Gasteiger charge is -2.35. The molecule has 1 atom stereocenters. The van der Waals surface area contributed by atoms with Crippen LogP contribution in [0.25, 0.3) is 0 Å². The lowest BCUT2D eigenvalue weighted by molar-refractivity contribution is -0.0145. The molecule has 1 aliphatic rings. The molecule has 17 heavy (non-hydrogen) atoms. The quantitative estimate of drug-likeness (QED) is 0.814. The maximum Gasteiger partial charge on any atom is 0.0717 e. The van der Waals surface area contributed by atoms with Gasteiger partial charge in [-0.15, -0.1) is 0 Å². The third kappa shape index (κ3) is 3.53. The van der Waals surface area contributed by atoms with Gasteiger partial charge in [-0.25, -0.2) is 0 Å². The van der Waals surface area contributed by atoms with Crippen LogP contribution in [0, 0.1) is 5.41 Å². The van der Waals surface area contributed by atoms with Gasteiger partial charge in [0, 0.05) is 12.0 Å². The van der Waals surface area contributed by atoms with E-state index in [4.69, 9.17) is 4.74 Å². The van der Waals surface area contributed by atoms with Gasteiger partial charge in [0.15, 0.2) is 0 Å². The molecule has 1 aromatic rings. The molecule has 1 saturated heterocycles. The van der Waals surface area contributed by atoms with Crippen LogP contribution in [0.5, 0.6) is 0 Å². The van der Waals surface area contributed by atoms with Crippen LogP contribution in [0.2, 0.25) is 0 Å². The number of nitrogens with one attached hydrogen (secondary N) is 1. The molecule has 0 radical (unpaired) electrons. The van der Waals surface area contributed by atoms with E-state index in [9.17, 15) is 5.11 Å². The Morgan fingerprint density at radius 2 is 2.12 bits per heavy atom. The van der Waals surface area contributed by atoms with E-state index in [0.717, 1.165) is 25.9 Å². The molecule has 0 aliphatic carbocycles. The minimum atomic E-state index is -0.0764. The van der Waals surface area contributed by atoms with Gasteiger partial charge in [-0.2, -0.15) is 0 Å². The van der Waals surface area contributed by atoms with Crippen LogP contribution in [-0.2, 0) is 11.3 Å². The van der Waals surface area contributed by atoms with E-state index in [-0.39, 0.29) is 12.0 Å². The van der Waals surface area contributed by atoms with Gasteiger partial charge in [0.05, 0.1) is 19.8 Å². The number of piperidine rings is 1. The lowest BCUT2D eigenvalue weighted by Crippen LogP contribution is -2.45. The van der Waals surface area contributed by atoms with Gasteiger partial charge in [0.1, 0.15) is 0 Å². The smallest absolute Gasteiger partial charge is 0.0717 e. The summed E-state index contributed by atoms with van der Waals surface area (Å²) in [6.07, 6.45) is 2.17. The number of aliphatic hydroxyl groups is 1. The van der Waals surface area contributed by atoms with Crippen molar-refractivity contribution in [2.45, 2.75) is 19.4 Å². The molecule has 1 aliphatic heterocycles. The van der Waals surface area contributed by atoms with Gasteiger partial charge < -0.3 is 15.2 Å². The molecule has 0 amide bonds. The summed E-state index contributed by atoms with van der Waals surface area (Å²) in [4.78, 5) is 0. The van der Waals surface area contributed by atoms with Crippen molar-refractivity contribution in [2.75, 3.05) is 26.3 Å². The van der Waals surface area contributed by atoms with Crippen LogP contribution < -0.4 is 5.32 Å². The Bertz CT molecular complexity index is 320. The Hall–Kier alpha value is -0.900. The topological polar surface area (TPSA) is 41.5 Å². The van der Waals surface area contributed by atoms with E-state index in [1.54, 1.807) is 0 Å². The van der Waals surface area contributed by atoms with Crippen LogP contribution in [0.3, 0.4) is 0 Å². The number of hydrogen-bond donors (Lipinski definition) is 2. The first-order chi connectivity index (χ1) is 8.35. The maximum absolute atomic E-state index is 9.52. The molecule has 0 saturated carbocycles. The first-order valence-electron chi connectivity index (χ1n) is 6.28. The summed E-state index contributed by atoms with van der Waals surface area (Å²) < 4.78 is 5.75. The van der Waals surface area contributed by atoms with E-state index in [1.165, 1.54) is 5.56 Å². The fourth-order valence-electron chi connectivity index (χ4n) is 2.29. The molecule has 0 bridgehead atoms. The van der Waals surface area contributed by atoms with Gasteiger partial charge >= 0.3 is 0 Å². The van der Waals surface area contributed by atoms with E-state index >= 15 is 0 Å². The standard InChI is InChI=1S/C14H21NO2/c16-11-14(7-4-8-15-10-14)12-17-9-13-5-2-1-3-6-13/h1-3,5-6,15-16H,4,7-12H2. The summed E-state index contributed by atoms with van der Waals surface area (Å²) in [6, 6.07) is 10.2. The minimum absolute atomic E-state index is 0.0764. The van der Waals surface area contributed by atoms with Crippen molar-refractivity contribution < 1.29 is 9.84 Å². The molecule has 1 unspecified atom stereocenters. The number of hydrogen-bond acceptors (Lipinski definition) is 3. The summed E-state index contributed by atoms with van der Waals surface area (Å²) in [5, 5.41) is 12.9. The highest BCUT2D eigenvalue weighted by atomic mass is 16.5. The second kappa shape index (κ2) is 6.15. The first kappa shape index (κ1) is 12.6. The fourth-order valence-corrected chi connectivity index (χ4v) is 2.29. The molecule has 2 rings (SSSR count). The molecule has 1 aromatic carbocycles. The van der Waals surface area contributed by atoms with Crippen LogP contribution in [-0.4, -0.2) is 31.4 Å². The second-order valence-corrected chi connectivity index (χ2v) is 4.92. The zero-order chi connectivity index (χ0) is 12.0. The minimum Gasteiger partial charge on any atom is -0.396 e. The zero-order valence-corrected chi connectivity index (χ0v) is 10.2. The van der Waals surface area contributed by atoms with Crippen molar-refractivity contribution in [3.63, 3.8) is 0 Å². The summed E-state index contributed by atoms with van der Waals surface area (Å²) in [5.41, 5.74) is 1.11. The van der Waals surface area contributed by atoms with E-state index in [0.29, 0.717) is 13.2 Å². The zero-order valence-electron chi connectivity index (χ0n) is 10.2. The van der Waals surface area contributed by atoms with Gasteiger partial charge in [0.2, 0.25) is 0 Å². The monoisotopic (exact) mass is 235 g/mol. The van der Waals surface area contributed by atoms with E-state index in [1.807, 2.05) is 18.2 Å². The molecule has 0 spiro atoms. The molecule has 1 heterocycles. The Kier molecular flexibility index (Phi) is 4.54. The average molecular weight is 235 g/mol. The Morgan fingerprint density at radius 3 is 2.76 bits per heavy atom. The highest BCUT2D eigenvalue weighted by Gasteiger charge is 2.31. The summed E-state index contributed by atoms with van der Waals surface area (Å²) in [7, 11) is 0. The average Bonchev–Trinajstić information content (AvgIpc) is 2.41. The fraction of sp³-hybridized carbons (Fsp3) is 0.571. The van der Waals surface area contributed by atoms with Gasteiger partial charge in [-0.05, 0) is 24.9 Å². The third-order valence-electron chi connectivity index (χ3n) is 3.42. The highest BCUT2D eigenvalue weighted by Crippen LogP contribution is 2.26. The van der Waals surface area contributed by atoms with Crippen molar-refractivity contribution in [3.8, 4) is 0 Å². The van der Waals surface area contributed by atoms with E-state index < -0.39 is 0 Å². The second-order valence-electron chi connectivity index (χ2n) is 4.92. The third-order valence-corrected chi connectivity index (χ3v) is 3.42. The molecular weight excluding hydrogens is 214 g/mol. The molecule has 94 valence electrons. The van der Waals surface area contributed by atoms with Crippen LogP contribution in [0.4, 0.5) is 0 Å². The highest BCUT2D eigenvalue weighted by molar-refractivity contribution is 5.13. The van der Waals surface area contributed by atoms with Crippen molar-refractivity contribution in [1.82, 2.24) is 5.32 Å². The van der Waals surface area contributed by atoms with Gasteiger partial charge in [-0.3, -0.25) is 0 Å². The van der Waals surface area contributed by atoms with Crippen molar-refractivity contribution >= 4 is 0 Å². The first-order valence-corrected chi connectivity index (χ1v) is 6.28. The molecule has 3 nitrogen and oxygen atoms in total. The molecule has 1 fully saturated rings. The molecule has 2 N–H and O–H groups in total. The van der Waals surface area contributed by atoms with Crippen molar-refractivity contribution in [3.05, 3.63) is 35.9 Å². The normalized spacial score (nSPS) is 24.8. The largest absolute Gasteiger partial charge is 0.396 e. The molecular formula is C14H21NO2. The van der Waals surface area contributed by atoms with E-state index in [2.05, 4.69) is 17.4 Å². The summed E-state index contributed by atoms with van der Waals surface area (Å²) in [5.74, 6) is 0. The lowest BCUT2D eigenvalue weighted by atomic mass is 9.82. The number of ether oxygens (including phenoxy) is 1. The van der Waals surface area contributed by atoms with Crippen LogP contribution in [0.15, 0.2) is 30.3 Å². The predicted molar refractivity (Wildman–Crippen MR) is 67.7 cm³/mol. The molecule has 0 aromatic heterocycles. The Labute approximate surface area is 103 Å². The summed E-state index contributed by atoms with van der Waals surface area (Å²) in [6.45, 7) is 3.38. The maximum atomic E-state index is 9.52. The van der Waals surface area contributed by atoms with Crippen LogP contribution >= 0.6 is 0 Å². The SMILES string of the molecule is OCC1(COCc2ccccc2)CCCNC1. The number of rotatable bonds is 5. The van der Waals surface area contributed by atoms with Crippen molar-refractivity contribution in [1.29, 1.82) is 0 Å². The van der Waals surface area contributed by atoms with Gasteiger partial charge in [-0.1, -0.05) is 30.3 Å². The number of aliphatic hydroxyl groups excluding tert-OH is 1. The molecule has 3 heteroatoms. The Morgan fingerprint density at radius 1 is 1.29 bits per heavy atom. The van der Waals surface area contributed by atoms with Gasteiger partial charge in [0.25, 0.3) is 0 Å².